The summed E-state index contributed by atoms with van der Waals surface area (Å²) in [5.41, 5.74) is 4.28. The molecule has 3 N–H and O–H groups in total. The maximum absolute atomic E-state index is 8.39. The van der Waals surface area contributed by atoms with Gasteiger partial charge in [0.15, 0.2) is 0 Å². The number of hydrogen-bond acceptors (Lipinski definition) is 4. The van der Waals surface area contributed by atoms with Gasteiger partial charge < -0.3 is 5.32 Å². The van der Waals surface area contributed by atoms with E-state index in [-0.39, 0.29) is 0 Å². The molecule has 1 atom stereocenters. The van der Waals surface area contributed by atoms with Crippen molar-refractivity contribution in [3.8, 4) is 6.07 Å². The van der Waals surface area contributed by atoms with E-state index in [0.717, 1.165) is 0 Å². The first kappa shape index (κ1) is 5.79. The largest absolute Gasteiger partial charge is 0.356 e. The highest BCUT2D eigenvalue weighted by Gasteiger charge is 2.20. The lowest BCUT2D eigenvalue weighted by atomic mass is 10.2. The highest BCUT2D eigenvalue weighted by Crippen LogP contribution is 1.93. The minimum Gasteiger partial charge on any atom is -0.356 e. The Morgan fingerprint density at radius 2 is 2.56 bits per heavy atom. The molecule has 0 bridgehead atoms. The molecule has 4 nitrogen and oxygen atoms in total. The molecule has 0 fully saturated rings. The Morgan fingerprint density at radius 1 is 1.78 bits per heavy atom. The van der Waals surface area contributed by atoms with Crippen molar-refractivity contribution in [3.63, 3.8) is 0 Å². The van der Waals surface area contributed by atoms with E-state index < -0.39 is 5.66 Å². The summed E-state index contributed by atoms with van der Waals surface area (Å²) in [5.74, 6) is 0. The van der Waals surface area contributed by atoms with E-state index in [1.54, 1.807) is 0 Å². The van der Waals surface area contributed by atoms with Crippen LogP contribution in [0.5, 0.6) is 0 Å². The van der Waals surface area contributed by atoms with Crippen molar-refractivity contribution in [2.24, 2.45) is 10.7 Å². The van der Waals surface area contributed by atoms with Crippen molar-refractivity contribution < 1.29 is 0 Å². The van der Waals surface area contributed by atoms with Crippen LogP contribution in [0.3, 0.4) is 0 Å². The van der Waals surface area contributed by atoms with E-state index in [1.165, 1.54) is 18.6 Å². The molecule has 0 saturated carbocycles. The second kappa shape index (κ2) is 1.88. The molecule has 0 amide bonds. The fourth-order valence-corrected chi connectivity index (χ4v) is 0.477. The van der Waals surface area contributed by atoms with Gasteiger partial charge in [0, 0.05) is 12.4 Å². The highest BCUT2D eigenvalue weighted by molar-refractivity contribution is 5.75. The fourth-order valence-electron chi connectivity index (χ4n) is 0.477. The van der Waals surface area contributed by atoms with Gasteiger partial charge in [-0.2, -0.15) is 5.26 Å². The topological polar surface area (TPSA) is 74.2 Å². The zero-order valence-electron chi connectivity index (χ0n) is 4.70. The van der Waals surface area contributed by atoms with Gasteiger partial charge in [-0.1, -0.05) is 0 Å². The van der Waals surface area contributed by atoms with Gasteiger partial charge in [0.25, 0.3) is 0 Å². The molecule has 0 aromatic heterocycles. The summed E-state index contributed by atoms with van der Waals surface area (Å²) in [4.78, 5) is 3.69. The first-order valence-corrected chi connectivity index (χ1v) is 2.44. The molecule has 46 valence electrons. The molecular weight excluding hydrogens is 116 g/mol. The zero-order chi connectivity index (χ0) is 6.74. The van der Waals surface area contributed by atoms with Crippen LogP contribution in [0.25, 0.3) is 0 Å². The third-order valence-corrected chi connectivity index (χ3v) is 0.946. The Kier molecular flexibility index (Phi) is 1.21. The summed E-state index contributed by atoms with van der Waals surface area (Å²) in [6.07, 6.45) is 4.42. The standard InChI is InChI=1S/C5H6N4/c6-3-5(7)4-8-1-2-9-5/h1-2,4,9H,7H2. The average molecular weight is 122 g/mol. The van der Waals surface area contributed by atoms with E-state index >= 15 is 0 Å². The van der Waals surface area contributed by atoms with Gasteiger partial charge >= 0.3 is 0 Å². The molecule has 4 heteroatoms. The van der Waals surface area contributed by atoms with Crippen LogP contribution in [0, 0.1) is 11.3 Å². The van der Waals surface area contributed by atoms with Crippen LogP contribution in [0.2, 0.25) is 0 Å². The summed E-state index contributed by atoms with van der Waals surface area (Å²) in [5, 5.41) is 11.0. The zero-order valence-corrected chi connectivity index (χ0v) is 4.70. The van der Waals surface area contributed by atoms with E-state index in [2.05, 4.69) is 10.3 Å². The number of rotatable bonds is 0. The summed E-state index contributed by atoms with van der Waals surface area (Å²) in [6.45, 7) is 0. The van der Waals surface area contributed by atoms with Crippen molar-refractivity contribution in [1.29, 1.82) is 5.26 Å². The van der Waals surface area contributed by atoms with Gasteiger partial charge in [0.2, 0.25) is 5.66 Å². The van der Waals surface area contributed by atoms with Crippen molar-refractivity contribution in [1.82, 2.24) is 5.32 Å². The van der Waals surface area contributed by atoms with Crippen molar-refractivity contribution in [2.45, 2.75) is 5.66 Å². The van der Waals surface area contributed by atoms with Crippen LogP contribution in [-0.2, 0) is 0 Å². The lowest BCUT2D eigenvalue weighted by Crippen LogP contribution is -2.52. The van der Waals surface area contributed by atoms with Crippen molar-refractivity contribution in [3.05, 3.63) is 12.4 Å². The molecule has 1 aliphatic rings. The second-order valence-electron chi connectivity index (χ2n) is 1.72. The van der Waals surface area contributed by atoms with E-state index in [4.69, 9.17) is 11.0 Å². The Bertz CT molecular complexity index is 199. The highest BCUT2D eigenvalue weighted by atomic mass is 15.1. The molecule has 0 aliphatic carbocycles. The smallest absolute Gasteiger partial charge is 0.212 e. The minimum atomic E-state index is -1.10. The maximum Gasteiger partial charge on any atom is 0.212 e. The van der Waals surface area contributed by atoms with Gasteiger partial charge in [0.1, 0.15) is 6.07 Å². The number of hydrogen-bond donors (Lipinski definition) is 2. The Morgan fingerprint density at radius 3 is 2.89 bits per heavy atom. The molecule has 0 aromatic carbocycles. The van der Waals surface area contributed by atoms with Crippen molar-refractivity contribution in [2.75, 3.05) is 0 Å². The molecule has 1 heterocycles. The van der Waals surface area contributed by atoms with Crippen LogP contribution in [0.4, 0.5) is 0 Å². The predicted octanol–water partition coefficient (Wildman–Crippen LogP) is -0.690. The lowest BCUT2D eigenvalue weighted by Gasteiger charge is -2.17. The molecule has 1 aliphatic heterocycles. The lowest BCUT2D eigenvalue weighted by molar-refractivity contribution is 0.641. The monoisotopic (exact) mass is 122 g/mol. The minimum absolute atomic E-state index is 1.10. The molecule has 0 radical (unpaired) electrons. The molecule has 1 rings (SSSR count). The quantitative estimate of drug-likeness (QED) is 0.446. The SMILES string of the molecule is N#CC1(N)C=NC=CN1. The van der Waals surface area contributed by atoms with E-state index in [9.17, 15) is 0 Å². The normalized spacial score (nSPS) is 31.1. The Balaban J connectivity index is 2.77. The van der Waals surface area contributed by atoms with Crippen LogP contribution in [0.15, 0.2) is 17.4 Å². The third-order valence-electron chi connectivity index (χ3n) is 0.946. The average Bonchev–Trinajstić information content (AvgIpc) is 1.90. The molecule has 0 spiro atoms. The number of nitrogens with two attached hydrogens (primary N) is 1. The third kappa shape index (κ3) is 1.06. The first-order chi connectivity index (χ1) is 4.27. The van der Waals surface area contributed by atoms with Gasteiger partial charge in [-0.05, 0) is 0 Å². The Labute approximate surface area is 52.7 Å². The number of nitrogens with one attached hydrogen (secondary N) is 1. The maximum atomic E-state index is 8.39. The molecular formula is C5H6N4. The van der Waals surface area contributed by atoms with Crippen LogP contribution in [-0.4, -0.2) is 11.9 Å². The molecule has 0 aromatic rings. The molecule has 1 unspecified atom stereocenters. The predicted molar refractivity (Wildman–Crippen MR) is 33.3 cm³/mol. The number of aliphatic imine (C=N–C) groups is 1. The fraction of sp³-hybridized carbons (Fsp3) is 0.200. The van der Waals surface area contributed by atoms with Crippen LogP contribution in [0.1, 0.15) is 0 Å². The number of nitrogens with zero attached hydrogens (tertiary/aromatic N) is 2. The van der Waals surface area contributed by atoms with Crippen LogP contribution < -0.4 is 11.1 Å². The van der Waals surface area contributed by atoms with Crippen LogP contribution >= 0.6 is 0 Å². The summed E-state index contributed by atoms with van der Waals surface area (Å²) in [6, 6.07) is 1.85. The van der Waals surface area contributed by atoms with E-state index in [0.29, 0.717) is 0 Å². The second-order valence-corrected chi connectivity index (χ2v) is 1.72. The number of nitriles is 1. The molecule has 0 saturated heterocycles. The first-order valence-electron chi connectivity index (χ1n) is 2.44. The summed E-state index contributed by atoms with van der Waals surface area (Å²) < 4.78 is 0. The van der Waals surface area contributed by atoms with Gasteiger partial charge in [-0.3, -0.25) is 10.7 Å². The summed E-state index contributed by atoms with van der Waals surface area (Å²) in [7, 11) is 0. The van der Waals surface area contributed by atoms with Gasteiger partial charge in [0.05, 0.1) is 6.21 Å². The van der Waals surface area contributed by atoms with E-state index in [1.807, 2.05) is 6.07 Å². The van der Waals surface area contributed by atoms with Gasteiger partial charge in [-0.25, -0.2) is 0 Å². The van der Waals surface area contributed by atoms with Gasteiger partial charge in [-0.15, -0.1) is 0 Å². The summed E-state index contributed by atoms with van der Waals surface area (Å²) >= 11 is 0. The Hall–Kier alpha value is -1.34. The molecule has 9 heavy (non-hydrogen) atoms. The van der Waals surface area contributed by atoms with Crippen molar-refractivity contribution >= 4 is 6.21 Å².